The molecular formula is C34H53N3O3. The van der Waals surface area contributed by atoms with Crippen LogP contribution in [-0.4, -0.2) is 66.4 Å². The smallest absolute Gasteiger partial charge is 0.266 e. The Morgan fingerprint density at radius 1 is 1.25 bits per heavy atom. The minimum Gasteiger partial charge on any atom is -0.393 e. The summed E-state index contributed by atoms with van der Waals surface area (Å²) in [5.74, 6) is 3.11. The lowest BCUT2D eigenvalue weighted by Gasteiger charge is -2.49. The first kappa shape index (κ1) is 28.5. The molecule has 6 nitrogen and oxygen atoms in total. The van der Waals surface area contributed by atoms with Crippen LogP contribution in [0, 0.1) is 35.0 Å². The first-order chi connectivity index (χ1) is 19.1. The van der Waals surface area contributed by atoms with Gasteiger partial charge in [0, 0.05) is 38.6 Å². The molecule has 0 bridgehead atoms. The van der Waals surface area contributed by atoms with Crippen LogP contribution in [0.5, 0.6) is 0 Å². The molecule has 10 atom stereocenters. The number of likely N-dealkylation sites (tertiary alicyclic amines) is 1. The van der Waals surface area contributed by atoms with Crippen LogP contribution in [0.15, 0.2) is 35.1 Å². The van der Waals surface area contributed by atoms with E-state index in [1.54, 1.807) is 23.8 Å². The molecule has 1 spiro atoms. The highest BCUT2D eigenvalue weighted by atomic mass is 16.5. The number of aliphatic hydroxyl groups excluding tert-OH is 1. The number of carbonyl (C=O) groups excluding carboxylic acids is 1. The number of hydrogen-bond acceptors (Lipinski definition) is 5. The topological polar surface area (TPSA) is 73.8 Å². The lowest BCUT2D eigenvalue weighted by atomic mass is 9.56. The second kappa shape index (κ2) is 10.6. The lowest BCUT2D eigenvalue weighted by molar-refractivity contribution is -0.117. The summed E-state index contributed by atoms with van der Waals surface area (Å²) in [6, 6.07) is 0.414. The highest BCUT2D eigenvalue weighted by Gasteiger charge is 2.59. The molecule has 2 saturated carbocycles. The average molecular weight is 552 g/mol. The number of nitrogens with one attached hydrogen (secondary N) is 2. The number of likely N-dealkylation sites (N-methyl/N-ethyl adjacent to an activating group) is 1. The Bertz CT molecular complexity index is 1100. The van der Waals surface area contributed by atoms with Crippen molar-refractivity contribution < 1.29 is 14.6 Å². The van der Waals surface area contributed by atoms with Crippen molar-refractivity contribution >= 4 is 5.91 Å². The fourth-order valence-electron chi connectivity index (χ4n) is 10.4. The molecular weight excluding hydrogens is 498 g/mol. The highest BCUT2D eigenvalue weighted by molar-refractivity contribution is 5.92. The Balaban J connectivity index is 1.19. The molecule has 6 aliphatic rings. The van der Waals surface area contributed by atoms with Crippen LogP contribution in [0.4, 0.5) is 0 Å². The predicted molar refractivity (Wildman–Crippen MR) is 159 cm³/mol. The monoisotopic (exact) mass is 551 g/mol. The van der Waals surface area contributed by atoms with Crippen LogP contribution >= 0.6 is 0 Å². The van der Waals surface area contributed by atoms with Crippen molar-refractivity contribution in [3.8, 4) is 0 Å². The SMILES string of the molecule is C=C(NC)C(=O)NCCN1CC(C)CC2OC3(CCC4C(=C(C)C3)CC3C4CC=C4CC(O)CCC43C)[C@H](C)C21. The van der Waals surface area contributed by atoms with Crippen molar-refractivity contribution in [2.45, 2.75) is 109 Å². The molecule has 6 heteroatoms. The number of amides is 1. The van der Waals surface area contributed by atoms with Crippen molar-refractivity contribution in [1.82, 2.24) is 15.5 Å². The van der Waals surface area contributed by atoms with Crippen LogP contribution < -0.4 is 10.6 Å². The molecule has 9 unspecified atom stereocenters. The summed E-state index contributed by atoms with van der Waals surface area (Å²) >= 11 is 0. The van der Waals surface area contributed by atoms with Crippen molar-refractivity contribution in [3.05, 3.63) is 35.1 Å². The van der Waals surface area contributed by atoms with Crippen LogP contribution in [0.1, 0.15) is 85.5 Å². The van der Waals surface area contributed by atoms with Gasteiger partial charge in [0.25, 0.3) is 5.91 Å². The standard InChI is InChI=1S/C34H53N3O3/c1-20-15-30-31(37(19-20)14-13-36-32(39)23(4)35-6)22(3)34(40-30)12-10-26-27-8-7-24-16-25(38)9-11-33(24,5)29(27)17-28(26)21(2)18-34/h7,20,22,25-27,29-31,35,38H,4,8-19H2,1-3,5-6H3,(H,36,39)/t20?,22-,25?,26?,27?,29?,30?,31?,33?,34?/m1/s1. The van der Waals surface area contributed by atoms with E-state index in [2.05, 4.69) is 55.9 Å². The van der Waals surface area contributed by atoms with Gasteiger partial charge in [-0.15, -0.1) is 0 Å². The molecule has 2 saturated heterocycles. The van der Waals surface area contributed by atoms with Gasteiger partial charge in [0.2, 0.25) is 0 Å². The Labute approximate surface area is 242 Å². The first-order valence-corrected chi connectivity index (χ1v) is 16.2. The van der Waals surface area contributed by atoms with Gasteiger partial charge in [-0.05, 0) is 93.8 Å². The number of rotatable bonds is 5. The van der Waals surface area contributed by atoms with E-state index in [1.165, 1.54) is 19.3 Å². The predicted octanol–water partition coefficient (Wildman–Crippen LogP) is 4.95. The molecule has 0 aromatic rings. The van der Waals surface area contributed by atoms with Crippen molar-refractivity contribution in [1.29, 1.82) is 0 Å². The van der Waals surface area contributed by atoms with E-state index in [0.717, 1.165) is 63.5 Å². The number of aliphatic hydroxyl groups is 1. The molecule has 6 rings (SSSR count). The van der Waals surface area contributed by atoms with E-state index in [0.29, 0.717) is 36.0 Å². The van der Waals surface area contributed by atoms with E-state index < -0.39 is 0 Å². The van der Waals surface area contributed by atoms with Crippen LogP contribution in [-0.2, 0) is 9.53 Å². The van der Waals surface area contributed by atoms with Crippen molar-refractivity contribution in [3.63, 3.8) is 0 Å². The third-order valence-electron chi connectivity index (χ3n) is 12.5. The van der Waals surface area contributed by atoms with E-state index in [-0.39, 0.29) is 29.1 Å². The summed E-state index contributed by atoms with van der Waals surface area (Å²) in [5, 5.41) is 16.3. The van der Waals surface area contributed by atoms with Crippen LogP contribution in [0.3, 0.4) is 0 Å². The number of piperidine rings is 1. The molecule has 222 valence electrons. The minimum absolute atomic E-state index is 0.0766. The van der Waals surface area contributed by atoms with Gasteiger partial charge in [-0.3, -0.25) is 9.69 Å². The van der Waals surface area contributed by atoms with Gasteiger partial charge in [0.1, 0.15) is 0 Å². The van der Waals surface area contributed by atoms with Gasteiger partial charge < -0.3 is 20.5 Å². The second-order valence-electron chi connectivity index (χ2n) is 14.7. The fraction of sp³-hybridized carbons (Fsp3) is 0.794. The molecule has 2 heterocycles. The molecule has 4 aliphatic carbocycles. The Morgan fingerprint density at radius 2 is 2.05 bits per heavy atom. The molecule has 2 aliphatic heterocycles. The summed E-state index contributed by atoms with van der Waals surface area (Å²) in [7, 11) is 1.73. The summed E-state index contributed by atoms with van der Waals surface area (Å²) in [6.07, 6.45) is 12.7. The van der Waals surface area contributed by atoms with Gasteiger partial charge in [-0.2, -0.15) is 0 Å². The molecule has 40 heavy (non-hydrogen) atoms. The molecule has 4 fully saturated rings. The summed E-state index contributed by atoms with van der Waals surface area (Å²) < 4.78 is 7.23. The zero-order valence-electron chi connectivity index (χ0n) is 25.6. The average Bonchev–Trinajstić information content (AvgIpc) is 3.38. The number of carbonyl (C=O) groups is 1. The molecule has 0 radical (unpaired) electrons. The second-order valence-corrected chi connectivity index (χ2v) is 14.7. The van der Waals surface area contributed by atoms with Gasteiger partial charge in [0.15, 0.2) is 0 Å². The number of fused-ring (bicyclic) bond motifs is 6. The zero-order valence-corrected chi connectivity index (χ0v) is 25.6. The van der Waals surface area contributed by atoms with Crippen LogP contribution in [0.25, 0.3) is 0 Å². The fourth-order valence-corrected chi connectivity index (χ4v) is 10.4. The van der Waals surface area contributed by atoms with E-state index in [9.17, 15) is 9.90 Å². The van der Waals surface area contributed by atoms with Crippen molar-refractivity contribution in [2.75, 3.05) is 26.7 Å². The zero-order chi connectivity index (χ0) is 28.4. The van der Waals surface area contributed by atoms with Crippen molar-refractivity contribution in [2.24, 2.45) is 35.0 Å². The minimum atomic E-state index is -0.139. The van der Waals surface area contributed by atoms with E-state index in [4.69, 9.17) is 4.74 Å². The first-order valence-electron chi connectivity index (χ1n) is 16.2. The Morgan fingerprint density at radius 3 is 2.83 bits per heavy atom. The summed E-state index contributed by atoms with van der Waals surface area (Å²) in [5.41, 5.74) is 5.54. The van der Waals surface area contributed by atoms with E-state index in [1.807, 2.05) is 0 Å². The molecule has 1 amide bonds. The third-order valence-corrected chi connectivity index (χ3v) is 12.5. The number of allylic oxidation sites excluding steroid dienone is 2. The highest BCUT2D eigenvalue weighted by Crippen LogP contribution is 2.63. The maximum Gasteiger partial charge on any atom is 0.266 e. The van der Waals surface area contributed by atoms with Gasteiger partial charge >= 0.3 is 0 Å². The summed E-state index contributed by atoms with van der Waals surface area (Å²) in [4.78, 5) is 14.9. The third kappa shape index (κ3) is 4.61. The van der Waals surface area contributed by atoms with E-state index >= 15 is 0 Å². The largest absolute Gasteiger partial charge is 0.393 e. The van der Waals surface area contributed by atoms with Gasteiger partial charge in [-0.1, -0.05) is 50.1 Å². The number of ether oxygens (including phenoxy) is 1. The Hall–Kier alpha value is -1.63. The van der Waals surface area contributed by atoms with Crippen LogP contribution in [0.2, 0.25) is 0 Å². The normalized spacial score (nSPS) is 44.7. The van der Waals surface area contributed by atoms with Gasteiger partial charge in [-0.25, -0.2) is 0 Å². The molecule has 0 aromatic carbocycles. The molecule has 3 N–H and O–H groups in total. The van der Waals surface area contributed by atoms with Gasteiger partial charge in [0.05, 0.1) is 23.5 Å². The summed E-state index contributed by atoms with van der Waals surface area (Å²) in [6.45, 7) is 16.1. The molecule has 0 aromatic heterocycles. The number of nitrogens with zero attached hydrogens (tertiary/aromatic N) is 1. The number of hydrogen-bond donors (Lipinski definition) is 3. The maximum atomic E-state index is 12.3. The lowest BCUT2D eigenvalue weighted by Crippen LogP contribution is -2.53. The maximum absolute atomic E-state index is 12.3. The Kier molecular flexibility index (Phi) is 7.53. The quantitative estimate of drug-likeness (QED) is 0.333.